The molecule has 3 rings (SSSR count). The lowest BCUT2D eigenvalue weighted by Crippen LogP contribution is -1.98. The number of carbonyl (C=O) groups is 1. The molecule has 0 aliphatic heterocycles. The SMILES string of the molecule is Cc1cc(Sc2ccccc2C(=O)O)c2ccccc2n1. The van der Waals surface area contributed by atoms with Crippen molar-refractivity contribution in [3.05, 3.63) is 65.9 Å². The van der Waals surface area contributed by atoms with Gasteiger partial charge in [0.05, 0.1) is 11.1 Å². The first-order valence-electron chi connectivity index (χ1n) is 6.52. The van der Waals surface area contributed by atoms with Crippen molar-refractivity contribution < 1.29 is 9.90 Å². The second-order valence-electron chi connectivity index (χ2n) is 4.68. The summed E-state index contributed by atoms with van der Waals surface area (Å²) in [7, 11) is 0. The van der Waals surface area contributed by atoms with Gasteiger partial charge >= 0.3 is 5.97 Å². The van der Waals surface area contributed by atoms with E-state index in [1.165, 1.54) is 11.8 Å². The predicted octanol–water partition coefficient (Wildman–Crippen LogP) is 4.39. The number of carboxylic acids is 1. The summed E-state index contributed by atoms with van der Waals surface area (Å²) in [5.41, 5.74) is 2.16. The number of aromatic carboxylic acids is 1. The molecular weight excluding hydrogens is 282 g/mol. The van der Waals surface area contributed by atoms with Crippen LogP contribution in [0.1, 0.15) is 16.1 Å². The first kappa shape index (κ1) is 13.6. The van der Waals surface area contributed by atoms with Gasteiger partial charge in [0, 0.05) is 20.9 Å². The number of para-hydroxylation sites is 1. The van der Waals surface area contributed by atoms with Crippen molar-refractivity contribution in [3.8, 4) is 0 Å². The molecule has 3 aromatic rings. The number of hydrogen-bond donors (Lipinski definition) is 1. The van der Waals surface area contributed by atoms with Crippen LogP contribution in [0.4, 0.5) is 0 Å². The predicted molar refractivity (Wildman–Crippen MR) is 84.0 cm³/mol. The molecule has 3 nitrogen and oxygen atoms in total. The Labute approximate surface area is 126 Å². The molecule has 0 fully saturated rings. The van der Waals surface area contributed by atoms with Gasteiger partial charge in [0.1, 0.15) is 0 Å². The van der Waals surface area contributed by atoms with E-state index < -0.39 is 5.97 Å². The fraction of sp³-hybridized carbons (Fsp3) is 0.0588. The Morgan fingerprint density at radius 2 is 1.76 bits per heavy atom. The van der Waals surface area contributed by atoms with Crippen molar-refractivity contribution in [3.63, 3.8) is 0 Å². The molecule has 0 unspecified atom stereocenters. The standard InChI is InChI=1S/C17H13NO2S/c1-11-10-16(12-6-2-4-8-14(12)18-11)21-15-9-5-3-7-13(15)17(19)20/h2-10H,1H3,(H,19,20). The minimum atomic E-state index is -0.909. The van der Waals surface area contributed by atoms with Crippen LogP contribution in [0.3, 0.4) is 0 Å². The van der Waals surface area contributed by atoms with Crippen LogP contribution in [-0.4, -0.2) is 16.1 Å². The zero-order valence-corrected chi connectivity index (χ0v) is 12.2. The van der Waals surface area contributed by atoms with Crippen LogP contribution in [-0.2, 0) is 0 Å². The van der Waals surface area contributed by atoms with E-state index in [1.807, 2.05) is 49.4 Å². The first-order valence-corrected chi connectivity index (χ1v) is 7.33. The number of aryl methyl sites for hydroxylation is 1. The molecule has 0 amide bonds. The number of aromatic nitrogens is 1. The van der Waals surface area contributed by atoms with Crippen LogP contribution < -0.4 is 0 Å². The van der Waals surface area contributed by atoms with E-state index >= 15 is 0 Å². The van der Waals surface area contributed by atoms with E-state index in [0.717, 1.165) is 26.4 Å². The summed E-state index contributed by atoms with van der Waals surface area (Å²) < 4.78 is 0. The molecule has 0 atom stereocenters. The Bertz CT molecular complexity index is 830. The van der Waals surface area contributed by atoms with E-state index in [0.29, 0.717) is 5.56 Å². The highest BCUT2D eigenvalue weighted by Gasteiger charge is 2.12. The normalized spacial score (nSPS) is 10.7. The van der Waals surface area contributed by atoms with Gasteiger partial charge in [0.2, 0.25) is 0 Å². The minimum absolute atomic E-state index is 0.320. The molecule has 1 aromatic heterocycles. The number of benzene rings is 2. The van der Waals surface area contributed by atoms with Crippen LogP contribution in [0.25, 0.3) is 10.9 Å². The number of fused-ring (bicyclic) bond motifs is 1. The van der Waals surface area contributed by atoms with E-state index in [-0.39, 0.29) is 0 Å². The van der Waals surface area contributed by atoms with E-state index in [9.17, 15) is 9.90 Å². The molecule has 4 heteroatoms. The van der Waals surface area contributed by atoms with Crippen LogP contribution in [0, 0.1) is 6.92 Å². The van der Waals surface area contributed by atoms with Crippen molar-refractivity contribution >= 4 is 28.6 Å². The number of rotatable bonds is 3. The topological polar surface area (TPSA) is 50.2 Å². The quantitative estimate of drug-likeness (QED) is 0.778. The number of pyridine rings is 1. The lowest BCUT2D eigenvalue weighted by Gasteiger charge is -2.09. The van der Waals surface area contributed by atoms with Gasteiger partial charge in [-0.15, -0.1) is 0 Å². The van der Waals surface area contributed by atoms with Crippen molar-refractivity contribution in [1.82, 2.24) is 4.98 Å². The Balaban J connectivity index is 2.13. The maximum Gasteiger partial charge on any atom is 0.336 e. The van der Waals surface area contributed by atoms with Crippen molar-refractivity contribution in [2.75, 3.05) is 0 Å². The Hall–Kier alpha value is -2.33. The smallest absolute Gasteiger partial charge is 0.336 e. The highest BCUT2D eigenvalue weighted by atomic mass is 32.2. The van der Waals surface area contributed by atoms with Crippen LogP contribution in [0.15, 0.2) is 64.4 Å². The van der Waals surface area contributed by atoms with Crippen LogP contribution in [0.2, 0.25) is 0 Å². The average molecular weight is 295 g/mol. The third-order valence-electron chi connectivity index (χ3n) is 3.14. The number of hydrogen-bond acceptors (Lipinski definition) is 3. The fourth-order valence-electron chi connectivity index (χ4n) is 2.20. The molecule has 21 heavy (non-hydrogen) atoms. The zero-order valence-electron chi connectivity index (χ0n) is 11.4. The van der Waals surface area contributed by atoms with Gasteiger partial charge in [-0.25, -0.2) is 4.79 Å². The van der Waals surface area contributed by atoms with Gasteiger partial charge < -0.3 is 5.11 Å². The molecule has 0 aliphatic carbocycles. The summed E-state index contributed by atoms with van der Waals surface area (Å²) in [6.45, 7) is 1.94. The number of nitrogens with zero attached hydrogens (tertiary/aromatic N) is 1. The Morgan fingerprint density at radius 1 is 1.05 bits per heavy atom. The van der Waals surface area contributed by atoms with E-state index in [1.54, 1.807) is 12.1 Å². The summed E-state index contributed by atoms with van der Waals surface area (Å²) in [6, 6.07) is 16.9. The summed E-state index contributed by atoms with van der Waals surface area (Å²) >= 11 is 1.47. The lowest BCUT2D eigenvalue weighted by molar-refractivity contribution is 0.0693. The van der Waals surface area contributed by atoms with E-state index in [2.05, 4.69) is 4.98 Å². The summed E-state index contributed by atoms with van der Waals surface area (Å²) in [6.07, 6.45) is 0. The number of carboxylic acid groups (broad SMARTS) is 1. The third-order valence-corrected chi connectivity index (χ3v) is 4.28. The molecule has 0 radical (unpaired) electrons. The maximum absolute atomic E-state index is 11.3. The van der Waals surface area contributed by atoms with Gasteiger partial charge in [-0.2, -0.15) is 0 Å². The molecule has 104 valence electrons. The maximum atomic E-state index is 11.3. The van der Waals surface area contributed by atoms with Gasteiger partial charge in [0.25, 0.3) is 0 Å². The average Bonchev–Trinajstić information content (AvgIpc) is 2.47. The summed E-state index contributed by atoms with van der Waals surface area (Å²) in [5.74, 6) is -0.909. The monoisotopic (exact) mass is 295 g/mol. The van der Waals surface area contributed by atoms with Crippen molar-refractivity contribution in [2.24, 2.45) is 0 Å². The zero-order chi connectivity index (χ0) is 14.8. The van der Waals surface area contributed by atoms with Crippen LogP contribution >= 0.6 is 11.8 Å². The van der Waals surface area contributed by atoms with Gasteiger partial charge in [-0.3, -0.25) is 4.98 Å². The van der Waals surface area contributed by atoms with Gasteiger partial charge in [0.15, 0.2) is 0 Å². The van der Waals surface area contributed by atoms with Crippen LogP contribution in [0.5, 0.6) is 0 Å². The molecule has 1 N–H and O–H groups in total. The minimum Gasteiger partial charge on any atom is -0.478 e. The summed E-state index contributed by atoms with van der Waals surface area (Å²) in [4.78, 5) is 17.6. The molecule has 0 saturated carbocycles. The second kappa shape index (κ2) is 5.58. The molecule has 0 saturated heterocycles. The van der Waals surface area contributed by atoms with Crippen molar-refractivity contribution in [2.45, 2.75) is 16.7 Å². The third kappa shape index (κ3) is 2.76. The molecule has 0 bridgehead atoms. The Morgan fingerprint density at radius 3 is 2.57 bits per heavy atom. The van der Waals surface area contributed by atoms with Gasteiger partial charge in [-0.1, -0.05) is 42.1 Å². The second-order valence-corrected chi connectivity index (χ2v) is 5.77. The summed E-state index contributed by atoms with van der Waals surface area (Å²) in [5, 5.41) is 10.3. The molecule has 0 spiro atoms. The van der Waals surface area contributed by atoms with Crippen molar-refractivity contribution in [1.29, 1.82) is 0 Å². The lowest BCUT2D eigenvalue weighted by atomic mass is 10.2. The fourth-order valence-corrected chi connectivity index (χ4v) is 3.37. The first-order chi connectivity index (χ1) is 10.1. The molecular formula is C17H13NO2S. The highest BCUT2D eigenvalue weighted by Crippen LogP contribution is 2.35. The highest BCUT2D eigenvalue weighted by molar-refractivity contribution is 7.99. The molecule has 2 aromatic carbocycles. The largest absolute Gasteiger partial charge is 0.478 e. The Kier molecular flexibility index (Phi) is 3.62. The van der Waals surface area contributed by atoms with E-state index in [4.69, 9.17) is 0 Å². The van der Waals surface area contributed by atoms with Gasteiger partial charge in [-0.05, 0) is 31.2 Å². The molecule has 1 heterocycles. The molecule has 0 aliphatic rings.